The Morgan fingerprint density at radius 1 is 1.31 bits per heavy atom. The van der Waals surface area contributed by atoms with Gasteiger partial charge in [0, 0.05) is 46.1 Å². The molecule has 4 heterocycles. The van der Waals surface area contributed by atoms with Crippen LogP contribution in [0.1, 0.15) is 12.8 Å². The Balaban J connectivity index is 1.48. The highest BCUT2D eigenvalue weighted by atomic mass is 28.3. The van der Waals surface area contributed by atoms with Crippen molar-refractivity contribution in [3.05, 3.63) is 36.0 Å². The van der Waals surface area contributed by atoms with Gasteiger partial charge >= 0.3 is 0 Å². The van der Waals surface area contributed by atoms with E-state index in [0.717, 1.165) is 56.6 Å². The van der Waals surface area contributed by atoms with Crippen molar-refractivity contribution in [3.8, 4) is 0 Å². The summed E-state index contributed by atoms with van der Waals surface area (Å²) in [5.74, 6) is 0.858. The van der Waals surface area contributed by atoms with E-state index >= 15 is 0 Å². The molecule has 0 bridgehead atoms. The highest BCUT2D eigenvalue weighted by Gasteiger charge is 2.34. The van der Waals surface area contributed by atoms with Crippen molar-refractivity contribution < 1.29 is 4.74 Å². The van der Waals surface area contributed by atoms with Crippen LogP contribution < -0.4 is 10.2 Å². The Hall–Kier alpha value is -2.21. The van der Waals surface area contributed by atoms with E-state index in [4.69, 9.17) is 16.3 Å². The zero-order valence-corrected chi connectivity index (χ0v) is 18.6. The summed E-state index contributed by atoms with van der Waals surface area (Å²) < 4.78 is 7.77. The van der Waals surface area contributed by atoms with E-state index in [-0.39, 0.29) is 5.54 Å². The van der Waals surface area contributed by atoms with Gasteiger partial charge in [0.15, 0.2) is 0 Å². The number of nitrogens with one attached hydrogen (secondary N) is 1. The minimum Gasteiger partial charge on any atom is -0.361 e. The maximum atomic E-state index is 7.54. The van der Waals surface area contributed by atoms with Gasteiger partial charge in [-0.25, -0.2) is 14.8 Å². The first kappa shape index (κ1) is 20.1. The monoisotopic (exact) mass is 410 g/mol. The summed E-state index contributed by atoms with van der Waals surface area (Å²) in [6, 6.07) is 1.12. The summed E-state index contributed by atoms with van der Waals surface area (Å²) in [6.07, 6.45) is 10.3. The molecule has 0 aromatic carbocycles. The summed E-state index contributed by atoms with van der Waals surface area (Å²) in [7, 11) is -1.11. The molecule has 154 valence electrons. The third-order valence-electron chi connectivity index (χ3n) is 5.87. The number of ether oxygens (including phenoxy) is 1. The van der Waals surface area contributed by atoms with Crippen LogP contribution >= 0.6 is 0 Å². The predicted octanol–water partition coefficient (Wildman–Crippen LogP) is 3.79. The van der Waals surface area contributed by atoms with Crippen molar-refractivity contribution in [2.45, 2.75) is 50.8 Å². The highest BCUT2D eigenvalue weighted by Crippen LogP contribution is 2.31. The van der Waals surface area contributed by atoms with Crippen LogP contribution in [-0.4, -0.2) is 54.4 Å². The minimum absolute atomic E-state index is 0.159. The van der Waals surface area contributed by atoms with Crippen LogP contribution in [0.25, 0.3) is 16.0 Å². The van der Waals surface area contributed by atoms with Gasteiger partial charge in [0.2, 0.25) is 5.69 Å². The van der Waals surface area contributed by atoms with Crippen molar-refractivity contribution in [1.82, 2.24) is 19.9 Å². The number of rotatable bonds is 6. The topological polar surface area (TPSA) is 59.6 Å². The number of hydrogen-bond acceptors (Lipinski definition) is 5. The van der Waals surface area contributed by atoms with Gasteiger partial charge in [-0.1, -0.05) is 31.8 Å². The van der Waals surface area contributed by atoms with Crippen molar-refractivity contribution in [3.63, 3.8) is 0 Å². The van der Waals surface area contributed by atoms with Crippen LogP contribution in [0.2, 0.25) is 25.7 Å². The molecule has 4 rings (SSSR count). The normalized spacial score (nSPS) is 18.6. The van der Waals surface area contributed by atoms with E-state index in [9.17, 15) is 0 Å². The second-order valence-electron chi connectivity index (χ2n) is 9.27. The lowest BCUT2D eigenvalue weighted by Crippen LogP contribution is -2.50. The lowest BCUT2D eigenvalue weighted by molar-refractivity contribution is 0.0899. The standard InChI is InChI=1S/C21H30N6OSi/c1-22-17-15-27(16-28-12-13-29(2,3)4)20-19(17)25-18(14-23-20)26-10-7-21(8-11-26)6-5-9-24-21/h5-6,14-15,24H,7-13,16H2,2-4H3. The Morgan fingerprint density at radius 2 is 2.10 bits per heavy atom. The Labute approximate surface area is 173 Å². The summed E-state index contributed by atoms with van der Waals surface area (Å²) in [5, 5.41) is 3.60. The molecule has 0 radical (unpaired) electrons. The quantitative estimate of drug-likeness (QED) is 0.340. The molecule has 0 aliphatic carbocycles. The van der Waals surface area contributed by atoms with Gasteiger partial charge in [-0.2, -0.15) is 0 Å². The molecular weight excluding hydrogens is 380 g/mol. The zero-order valence-electron chi connectivity index (χ0n) is 17.6. The number of fused-ring (bicyclic) bond motifs is 1. The van der Waals surface area contributed by atoms with Gasteiger partial charge in [0.25, 0.3) is 0 Å². The van der Waals surface area contributed by atoms with Crippen molar-refractivity contribution in [1.29, 1.82) is 0 Å². The molecule has 2 aromatic rings. The Kier molecular flexibility index (Phi) is 5.47. The average Bonchev–Trinajstić information content (AvgIpc) is 3.29. The average molecular weight is 411 g/mol. The van der Waals surface area contributed by atoms with E-state index in [1.165, 1.54) is 0 Å². The van der Waals surface area contributed by atoms with E-state index in [1.54, 1.807) is 0 Å². The zero-order chi connectivity index (χ0) is 20.5. The molecule has 2 aromatic heterocycles. The smallest absolute Gasteiger partial charge is 0.231 e. The molecule has 0 saturated carbocycles. The van der Waals surface area contributed by atoms with Crippen LogP contribution in [-0.2, 0) is 11.5 Å². The summed E-state index contributed by atoms with van der Waals surface area (Å²) in [5.41, 5.74) is 2.09. The van der Waals surface area contributed by atoms with E-state index in [1.807, 2.05) is 17.0 Å². The second kappa shape index (κ2) is 7.90. The van der Waals surface area contributed by atoms with Crippen LogP contribution in [0.15, 0.2) is 24.5 Å². The number of piperidine rings is 1. The largest absolute Gasteiger partial charge is 0.361 e. The fourth-order valence-electron chi connectivity index (χ4n) is 3.98. The van der Waals surface area contributed by atoms with Gasteiger partial charge in [0.05, 0.1) is 12.8 Å². The molecule has 2 aliphatic heterocycles. The van der Waals surface area contributed by atoms with Gasteiger partial charge < -0.3 is 19.5 Å². The number of hydrogen-bond donors (Lipinski definition) is 1. The third-order valence-corrected chi connectivity index (χ3v) is 7.57. The maximum Gasteiger partial charge on any atom is 0.231 e. The van der Waals surface area contributed by atoms with Gasteiger partial charge in [0.1, 0.15) is 23.7 Å². The van der Waals surface area contributed by atoms with Gasteiger partial charge in [-0.3, -0.25) is 0 Å². The molecule has 7 nitrogen and oxygen atoms in total. The van der Waals surface area contributed by atoms with Crippen LogP contribution in [0, 0.1) is 6.57 Å². The summed E-state index contributed by atoms with van der Waals surface area (Å²) in [6.45, 7) is 18.5. The molecule has 0 unspecified atom stereocenters. The Bertz CT molecular complexity index is 946. The minimum atomic E-state index is -1.11. The molecule has 1 fully saturated rings. The van der Waals surface area contributed by atoms with Gasteiger partial charge in [-0.15, -0.1) is 0 Å². The SMILES string of the molecule is [C-]#[N+]c1cn(COCC[Si](C)(C)C)c2ncc(N3CCC4(C=CCN4)CC3)nc12. The van der Waals surface area contributed by atoms with Crippen molar-refractivity contribution >= 4 is 30.7 Å². The molecule has 0 atom stereocenters. The third kappa shape index (κ3) is 4.37. The van der Waals surface area contributed by atoms with Crippen LogP contribution in [0.5, 0.6) is 0 Å². The Morgan fingerprint density at radius 3 is 2.76 bits per heavy atom. The number of nitrogens with zero attached hydrogens (tertiary/aromatic N) is 5. The van der Waals surface area contributed by atoms with E-state index < -0.39 is 8.07 Å². The molecule has 1 N–H and O–H groups in total. The second-order valence-corrected chi connectivity index (χ2v) is 14.9. The molecular formula is C21H30N6OSi. The molecule has 1 spiro atoms. The van der Waals surface area contributed by atoms with E-state index in [0.29, 0.717) is 17.9 Å². The number of anilines is 1. The summed E-state index contributed by atoms with van der Waals surface area (Å²) >= 11 is 0. The van der Waals surface area contributed by atoms with Crippen LogP contribution in [0.3, 0.4) is 0 Å². The first-order valence-electron chi connectivity index (χ1n) is 10.4. The van der Waals surface area contributed by atoms with Crippen molar-refractivity contribution in [2.75, 3.05) is 31.1 Å². The van der Waals surface area contributed by atoms with E-state index in [2.05, 4.69) is 51.8 Å². The summed E-state index contributed by atoms with van der Waals surface area (Å²) in [4.78, 5) is 15.4. The first-order valence-corrected chi connectivity index (χ1v) is 14.1. The first-order chi connectivity index (χ1) is 13.9. The number of aromatic nitrogens is 3. The van der Waals surface area contributed by atoms with Crippen LogP contribution in [0.4, 0.5) is 11.5 Å². The predicted molar refractivity (Wildman–Crippen MR) is 119 cm³/mol. The molecule has 1 saturated heterocycles. The molecule has 8 heteroatoms. The lowest BCUT2D eigenvalue weighted by Gasteiger charge is -2.39. The fourth-order valence-corrected chi connectivity index (χ4v) is 4.74. The highest BCUT2D eigenvalue weighted by molar-refractivity contribution is 6.76. The van der Waals surface area contributed by atoms with Gasteiger partial charge in [-0.05, 0) is 18.9 Å². The molecule has 29 heavy (non-hydrogen) atoms. The maximum absolute atomic E-state index is 7.54. The molecule has 2 aliphatic rings. The molecule has 0 amide bonds. The fraction of sp³-hybridized carbons (Fsp3) is 0.571. The van der Waals surface area contributed by atoms with Crippen molar-refractivity contribution in [2.24, 2.45) is 0 Å². The lowest BCUT2D eigenvalue weighted by atomic mass is 9.89.